The molecule has 1 aliphatic heterocycles. The van der Waals surface area contributed by atoms with Gasteiger partial charge in [-0.1, -0.05) is 17.7 Å². The number of nitrogens with zero attached hydrogens (tertiary/aromatic N) is 1. The standard InChI is InChI=1S/C22H29N3O2/c1-4-24-11-13-25(14-12-24)20-8-6-19(7-9-20)23-22(26)16-27-21-10-5-17(2)15-18(21)3/h5-10,15H,4,11-14,16H2,1-3H3,(H,23,26)/p+1. The lowest BCUT2D eigenvalue weighted by molar-refractivity contribution is -0.898. The number of quaternary nitrogens is 1. The highest BCUT2D eigenvalue weighted by Crippen LogP contribution is 2.20. The second kappa shape index (κ2) is 8.91. The van der Waals surface area contributed by atoms with Gasteiger partial charge in [0.15, 0.2) is 6.61 Å². The number of rotatable bonds is 6. The second-order valence-corrected chi connectivity index (χ2v) is 7.24. The Morgan fingerprint density at radius 1 is 1.11 bits per heavy atom. The Labute approximate surface area is 161 Å². The van der Waals surface area contributed by atoms with E-state index in [1.54, 1.807) is 4.90 Å². The molecule has 0 unspecified atom stereocenters. The molecule has 1 aliphatic rings. The summed E-state index contributed by atoms with van der Waals surface area (Å²) < 4.78 is 5.64. The fourth-order valence-electron chi connectivity index (χ4n) is 3.49. The molecule has 2 aromatic carbocycles. The maximum absolute atomic E-state index is 12.2. The number of amides is 1. The van der Waals surface area contributed by atoms with Gasteiger partial charge in [-0.25, -0.2) is 0 Å². The van der Waals surface area contributed by atoms with Crippen LogP contribution in [0.1, 0.15) is 18.1 Å². The zero-order chi connectivity index (χ0) is 19.2. The number of anilines is 2. The molecule has 0 bridgehead atoms. The Kier molecular flexibility index (Phi) is 6.35. The fraction of sp³-hybridized carbons (Fsp3) is 0.409. The molecular formula is C22H30N3O2+. The summed E-state index contributed by atoms with van der Waals surface area (Å²) in [7, 11) is 0. The highest BCUT2D eigenvalue weighted by Gasteiger charge is 2.18. The summed E-state index contributed by atoms with van der Waals surface area (Å²) in [6.07, 6.45) is 0. The van der Waals surface area contributed by atoms with Gasteiger partial charge in [-0.3, -0.25) is 4.79 Å². The number of nitrogens with one attached hydrogen (secondary N) is 2. The molecule has 5 heteroatoms. The maximum Gasteiger partial charge on any atom is 0.262 e. The lowest BCUT2D eigenvalue weighted by Gasteiger charge is -2.33. The van der Waals surface area contributed by atoms with E-state index in [9.17, 15) is 4.79 Å². The van der Waals surface area contributed by atoms with Crippen molar-refractivity contribution in [2.24, 2.45) is 0 Å². The summed E-state index contributed by atoms with van der Waals surface area (Å²) >= 11 is 0. The smallest absolute Gasteiger partial charge is 0.262 e. The van der Waals surface area contributed by atoms with Crippen LogP contribution in [0.3, 0.4) is 0 Å². The van der Waals surface area contributed by atoms with Crippen LogP contribution in [0.5, 0.6) is 5.75 Å². The van der Waals surface area contributed by atoms with Crippen LogP contribution < -0.4 is 19.9 Å². The van der Waals surface area contributed by atoms with E-state index in [1.165, 1.54) is 30.9 Å². The molecule has 27 heavy (non-hydrogen) atoms. The molecule has 0 aromatic heterocycles. The SMILES string of the molecule is CC[NH+]1CCN(c2ccc(NC(=O)COc3ccc(C)cc3C)cc2)CC1. The van der Waals surface area contributed by atoms with E-state index in [0.717, 1.165) is 30.1 Å². The molecule has 1 heterocycles. The molecule has 144 valence electrons. The van der Waals surface area contributed by atoms with Gasteiger partial charge in [-0.2, -0.15) is 0 Å². The number of carbonyl (C=O) groups excluding carboxylic acids is 1. The van der Waals surface area contributed by atoms with Gasteiger partial charge < -0.3 is 19.9 Å². The summed E-state index contributed by atoms with van der Waals surface area (Å²) in [5.41, 5.74) is 4.24. The third-order valence-corrected chi connectivity index (χ3v) is 5.18. The Hall–Kier alpha value is -2.53. The summed E-state index contributed by atoms with van der Waals surface area (Å²) in [4.78, 5) is 16.2. The normalized spacial score (nSPS) is 14.9. The molecule has 0 radical (unpaired) electrons. The van der Waals surface area contributed by atoms with Gasteiger partial charge in [-0.05, 0) is 56.7 Å². The van der Waals surface area contributed by atoms with Gasteiger partial charge in [0, 0.05) is 11.4 Å². The Morgan fingerprint density at radius 3 is 2.44 bits per heavy atom. The number of hydrogen-bond acceptors (Lipinski definition) is 3. The van der Waals surface area contributed by atoms with Crippen molar-refractivity contribution in [1.82, 2.24) is 0 Å². The van der Waals surface area contributed by atoms with Crippen LogP contribution in [-0.2, 0) is 4.79 Å². The van der Waals surface area contributed by atoms with Crippen molar-refractivity contribution in [2.45, 2.75) is 20.8 Å². The summed E-state index contributed by atoms with van der Waals surface area (Å²) in [5, 5.41) is 2.90. The minimum atomic E-state index is -0.150. The van der Waals surface area contributed by atoms with E-state index < -0.39 is 0 Å². The summed E-state index contributed by atoms with van der Waals surface area (Å²) in [6, 6.07) is 14.0. The van der Waals surface area contributed by atoms with E-state index in [2.05, 4.69) is 29.3 Å². The van der Waals surface area contributed by atoms with E-state index in [4.69, 9.17) is 4.74 Å². The molecule has 5 nitrogen and oxygen atoms in total. The molecular weight excluding hydrogens is 338 g/mol. The molecule has 0 saturated carbocycles. The van der Waals surface area contributed by atoms with Gasteiger partial charge in [0.1, 0.15) is 5.75 Å². The van der Waals surface area contributed by atoms with Crippen LogP contribution >= 0.6 is 0 Å². The lowest BCUT2D eigenvalue weighted by Crippen LogP contribution is -3.14. The average Bonchev–Trinajstić information content (AvgIpc) is 2.68. The predicted octanol–water partition coefficient (Wildman–Crippen LogP) is 2.05. The first-order valence-corrected chi connectivity index (χ1v) is 9.73. The summed E-state index contributed by atoms with van der Waals surface area (Å²) in [5.74, 6) is 0.599. The van der Waals surface area contributed by atoms with Crippen molar-refractivity contribution in [1.29, 1.82) is 0 Å². The van der Waals surface area contributed by atoms with E-state index in [0.29, 0.717) is 0 Å². The van der Waals surface area contributed by atoms with Crippen molar-refractivity contribution in [3.63, 3.8) is 0 Å². The van der Waals surface area contributed by atoms with Crippen LogP contribution in [0, 0.1) is 13.8 Å². The van der Waals surface area contributed by atoms with Crippen LogP contribution in [0.4, 0.5) is 11.4 Å². The molecule has 3 rings (SSSR count). The van der Waals surface area contributed by atoms with E-state index >= 15 is 0 Å². The number of piperazine rings is 1. The molecule has 1 saturated heterocycles. The maximum atomic E-state index is 12.2. The quantitative estimate of drug-likeness (QED) is 0.820. The monoisotopic (exact) mass is 368 g/mol. The first-order valence-electron chi connectivity index (χ1n) is 9.73. The molecule has 0 aliphatic carbocycles. The average molecular weight is 369 g/mol. The molecule has 0 atom stereocenters. The fourth-order valence-corrected chi connectivity index (χ4v) is 3.49. The molecule has 1 amide bonds. The molecule has 0 spiro atoms. The Bertz CT molecular complexity index is 766. The first kappa shape index (κ1) is 19.2. The highest BCUT2D eigenvalue weighted by atomic mass is 16.5. The minimum Gasteiger partial charge on any atom is -0.483 e. The predicted molar refractivity (Wildman–Crippen MR) is 110 cm³/mol. The van der Waals surface area contributed by atoms with Crippen molar-refractivity contribution >= 4 is 17.3 Å². The van der Waals surface area contributed by atoms with Gasteiger partial charge in [0.2, 0.25) is 0 Å². The van der Waals surface area contributed by atoms with E-state index in [-0.39, 0.29) is 12.5 Å². The Balaban J connectivity index is 1.50. The zero-order valence-electron chi connectivity index (χ0n) is 16.5. The third-order valence-electron chi connectivity index (χ3n) is 5.18. The number of hydrogen-bond donors (Lipinski definition) is 2. The van der Waals surface area contributed by atoms with Gasteiger partial charge in [-0.15, -0.1) is 0 Å². The van der Waals surface area contributed by atoms with Gasteiger partial charge >= 0.3 is 0 Å². The summed E-state index contributed by atoms with van der Waals surface area (Å²) in [6.45, 7) is 12.0. The van der Waals surface area contributed by atoms with Crippen molar-refractivity contribution < 1.29 is 14.4 Å². The van der Waals surface area contributed by atoms with Crippen molar-refractivity contribution in [3.05, 3.63) is 53.6 Å². The number of benzene rings is 2. The topological polar surface area (TPSA) is 46.0 Å². The van der Waals surface area contributed by atoms with Crippen LogP contribution in [0.15, 0.2) is 42.5 Å². The van der Waals surface area contributed by atoms with Crippen molar-refractivity contribution in [3.8, 4) is 5.75 Å². The number of aryl methyl sites for hydroxylation is 2. The third kappa shape index (κ3) is 5.23. The Morgan fingerprint density at radius 2 is 1.81 bits per heavy atom. The molecule has 1 fully saturated rings. The second-order valence-electron chi connectivity index (χ2n) is 7.24. The zero-order valence-corrected chi connectivity index (χ0v) is 16.5. The number of likely N-dealkylation sites (N-methyl/N-ethyl adjacent to an activating group) is 1. The lowest BCUT2D eigenvalue weighted by atomic mass is 10.1. The highest BCUT2D eigenvalue weighted by molar-refractivity contribution is 5.92. The number of ether oxygens (including phenoxy) is 1. The molecule has 2 N–H and O–H groups in total. The first-order chi connectivity index (χ1) is 13.0. The van der Waals surface area contributed by atoms with Crippen LogP contribution in [0.25, 0.3) is 0 Å². The largest absolute Gasteiger partial charge is 0.483 e. The molecule has 2 aromatic rings. The van der Waals surface area contributed by atoms with Gasteiger partial charge in [0.25, 0.3) is 5.91 Å². The van der Waals surface area contributed by atoms with E-state index in [1.807, 2.05) is 44.2 Å². The number of carbonyl (C=O) groups is 1. The minimum absolute atomic E-state index is 0.00735. The van der Waals surface area contributed by atoms with Crippen LogP contribution in [-0.4, -0.2) is 45.2 Å². The van der Waals surface area contributed by atoms with Gasteiger partial charge in [0.05, 0.1) is 32.7 Å². The van der Waals surface area contributed by atoms with Crippen molar-refractivity contribution in [2.75, 3.05) is 49.5 Å². The van der Waals surface area contributed by atoms with Crippen LogP contribution in [0.2, 0.25) is 0 Å².